The van der Waals surface area contributed by atoms with Gasteiger partial charge in [0.25, 0.3) is 0 Å². The Morgan fingerprint density at radius 3 is 2.48 bits per heavy atom. The van der Waals surface area contributed by atoms with Gasteiger partial charge in [-0.1, -0.05) is 45.0 Å². The standard InChI is InChI=1S/C23H31FN2O3/c1-15-11-17(23(2,3)4)9-10-20(15)29-14-19(27)13-26(5)21(22(25)28)16-7-6-8-18(24)12-16/h6-12,19,21,27H,13-14H2,1-5H3,(H2,25,28). The Balaban J connectivity index is 2.00. The van der Waals surface area contributed by atoms with Gasteiger partial charge in [0.1, 0.15) is 30.3 Å². The average molecular weight is 403 g/mol. The predicted molar refractivity (Wildman–Crippen MR) is 112 cm³/mol. The summed E-state index contributed by atoms with van der Waals surface area (Å²) in [6, 6.07) is 10.9. The molecule has 0 saturated carbocycles. The van der Waals surface area contributed by atoms with Crippen molar-refractivity contribution in [2.75, 3.05) is 20.2 Å². The Bertz CT molecular complexity index is 848. The average Bonchev–Trinajstić information content (AvgIpc) is 2.59. The zero-order valence-electron chi connectivity index (χ0n) is 17.8. The molecule has 2 aromatic rings. The zero-order valence-corrected chi connectivity index (χ0v) is 17.8. The minimum Gasteiger partial charge on any atom is -0.491 e. The first-order chi connectivity index (χ1) is 13.5. The van der Waals surface area contributed by atoms with E-state index in [0.29, 0.717) is 11.3 Å². The van der Waals surface area contributed by atoms with Gasteiger partial charge in [0.2, 0.25) is 5.91 Å². The first-order valence-electron chi connectivity index (χ1n) is 9.66. The molecule has 0 aliphatic heterocycles. The van der Waals surface area contributed by atoms with Crippen LogP contribution in [0.4, 0.5) is 4.39 Å². The van der Waals surface area contributed by atoms with Gasteiger partial charge in [-0.2, -0.15) is 0 Å². The van der Waals surface area contributed by atoms with Gasteiger partial charge in [-0.05, 0) is 54.3 Å². The molecule has 2 atom stereocenters. The SMILES string of the molecule is Cc1cc(C(C)(C)C)ccc1OCC(O)CN(C)C(C(N)=O)c1cccc(F)c1. The molecule has 2 unspecified atom stereocenters. The van der Waals surface area contributed by atoms with Crippen LogP contribution in [0.5, 0.6) is 5.75 Å². The summed E-state index contributed by atoms with van der Waals surface area (Å²) in [7, 11) is 1.66. The number of likely N-dealkylation sites (N-methyl/N-ethyl adjacent to an activating group) is 1. The number of halogens is 1. The Kier molecular flexibility index (Phi) is 7.38. The van der Waals surface area contributed by atoms with Crippen LogP contribution < -0.4 is 10.5 Å². The van der Waals surface area contributed by atoms with E-state index in [9.17, 15) is 14.3 Å². The summed E-state index contributed by atoms with van der Waals surface area (Å²) in [5.74, 6) is -0.351. The van der Waals surface area contributed by atoms with Crippen molar-refractivity contribution >= 4 is 5.91 Å². The molecule has 3 N–H and O–H groups in total. The van der Waals surface area contributed by atoms with E-state index in [2.05, 4.69) is 26.8 Å². The van der Waals surface area contributed by atoms with Gasteiger partial charge in [0.15, 0.2) is 0 Å². The van der Waals surface area contributed by atoms with Crippen molar-refractivity contribution in [3.63, 3.8) is 0 Å². The fourth-order valence-electron chi connectivity index (χ4n) is 3.27. The minimum atomic E-state index is -0.850. The maximum Gasteiger partial charge on any atom is 0.239 e. The lowest BCUT2D eigenvalue weighted by atomic mass is 9.86. The largest absolute Gasteiger partial charge is 0.491 e. The van der Waals surface area contributed by atoms with Crippen LogP contribution in [0.2, 0.25) is 0 Å². The molecule has 0 spiro atoms. The highest BCUT2D eigenvalue weighted by molar-refractivity contribution is 5.81. The number of ether oxygens (including phenoxy) is 1. The van der Waals surface area contributed by atoms with Crippen molar-refractivity contribution < 1.29 is 19.0 Å². The first kappa shape index (κ1) is 22.8. The summed E-state index contributed by atoms with van der Waals surface area (Å²) >= 11 is 0. The van der Waals surface area contributed by atoms with E-state index in [-0.39, 0.29) is 18.6 Å². The third kappa shape index (κ3) is 6.27. The number of aliphatic hydroxyl groups excluding tert-OH is 1. The zero-order chi connectivity index (χ0) is 21.8. The number of hydrogen-bond acceptors (Lipinski definition) is 4. The van der Waals surface area contributed by atoms with E-state index in [1.807, 2.05) is 19.1 Å². The maximum atomic E-state index is 13.5. The van der Waals surface area contributed by atoms with Gasteiger partial charge in [-0.25, -0.2) is 4.39 Å². The van der Waals surface area contributed by atoms with E-state index < -0.39 is 23.9 Å². The molecule has 0 bridgehead atoms. The third-order valence-corrected chi connectivity index (χ3v) is 4.85. The maximum absolute atomic E-state index is 13.5. The second-order valence-corrected chi connectivity index (χ2v) is 8.49. The molecule has 0 heterocycles. The lowest BCUT2D eigenvalue weighted by Crippen LogP contribution is -2.41. The number of carbonyl (C=O) groups excluding carboxylic acids is 1. The fraction of sp³-hybridized carbons (Fsp3) is 0.435. The van der Waals surface area contributed by atoms with Crippen LogP contribution in [0.1, 0.15) is 43.5 Å². The van der Waals surface area contributed by atoms with Crippen molar-refractivity contribution in [1.29, 1.82) is 0 Å². The summed E-state index contributed by atoms with van der Waals surface area (Å²) in [5.41, 5.74) is 8.21. The van der Waals surface area contributed by atoms with Crippen LogP contribution in [0.25, 0.3) is 0 Å². The molecule has 0 aliphatic carbocycles. The second kappa shape index (κ2) is 9.37. The van der Waals surface area contributed by atoms with Crippen LogP contribution >= 0.6 is 0 Å². The van der Waals surface area contributed by atoms with Crippen LogP contribution in [0, 0.1) is 12.7 Å². The van der Waals surface area contributed by atoms with Gasteiger partial charge >= 0.3 is 0 Å². The molecule has 0 fully saturated rings. The van der Waals surface area contributed by atoms with Crippen molar-refractivity contribution in [2.24, 2.45) is 5.73 Å². The summed E-state index contributed by atoms with van der Waals surface area (Å²) in [4.78, 5) is 13.5. The number of rotatable bonds is 8. The van der Waals surface area contributed by atoms with Crippen molar-refractivity contribution in [3.8, 4) is 5.75 Å². The number of aliphatic hydroxyl groups is 1. The number of benzene rings is 2. The number of aryl methyl sites for hydroxylation is 1. The van der Waals surface area contributed by atoms with Crippen LogP contribution in [0.15, 0.2) is 42.5 Å². The quantitative estimate of drug-likeness (QED) is 0.710. The Morgan fingerprint density at radius 2 is 1.93 bits per heavy atom. The molecule has 0 aliphatic rings. The van der Waals surface area contributed by atoms with Crippen molar-refractivity contribution in [3.05, 3.63) is 65.0 Å². The Hall–Kier alpha value is -2.44. The molecule has 2 rings (SSSR count). The molecule has 2 aromatic carbocycles. The lowest BCUT2D eigenvalue weighted by Gasteiger charge is -2.28. The number of amides is 1. The molecular formula is C23H31FN2O3. The summed E-state index contributed by atoms with van der Waals surface area (Å²) in [6.45, 7) is 8.62. The molecule has 158 valence electrons. The predicted octanol–water partition coefficient (Wildman–Crippen LogP) is 3.33. The highest BCUT2D eigenvalue weighted by Crippen LogP contribution is 2.27. The van der Waals surface area contributed by atoms with Gasteiger partial charge in [-0.3, -0.25) is 9.69 Å². The van der Waals surface area contributed by atoms with E-state index >= 15 is 0 Å². The van der Waals surface area contributed by atoms with Crippen LogP contribution in [-0.4, -0.2) is 42.2 Å². The summed E-state index contributed by atoms with van der Waals surface area (Å²) in [5, 5.41) is 10.4. The molecule has 6 heteroatoms. The second-order valence-electron chi connectivity index (χ2n) is 8.49. The van der Waals surface area contributed by atoms with E-state index in [4.69, 9.17) is 10.5 Å². The van der Waals surface area contributed by atoms with E-state index in [0.717, 1.165) is 5.56 Å². The number of carbonyl (C=O) groups is 1. The van der Waals surface area contributed by atoms with E-state index in [1.54, 1.807) is 18.0 Å². The highest BCUT2D eigenvalue weighted by Gasteiger charge is 2.25. The Morgan fingerprint density at radius 1 is 1.24 bits per heavy atom. The van der Waals surface area contributed by atoms with Gasteiger partial charge in [0.05, 0.1) is 0 Å². The smallest absolute Gasteiger partial charge is 0.239 e. The molecule has 0 radical (unpaired) electrons. The number of nitrogens with zero attached hydrogens (tertiary/aromatic N) is 1. The van der Waals surface area contributed by atoms with Crippen LogP contribution in [-0.2, 0) is 10.2 Å². The third-order valence-electron chi connectivity index (χ3n) is 4.85. The van der Waals surface area contributed by atoms with Gasteiger partial charge in [0, 0.05) is 6.54 Å². The normalized spacial score (nSPS) is 13.9. The van der Waals surface area contributed by atoms with Gasteiger partial charge < -0.3 is 15.6 Å². The van der Waals surface area contributed by atoms with Crippen LogP contribution in [0.3, 0.4) is 0 Å². The summed E-state index contributed by atoms with van der Waals surface area (Å²) < 4.78 is 19.3. The van der Waals surface area contributed by atoms with E-state index in [1.165, 1.54) is 23.8 Å². The fourth-order valence-corrected chi connectivity index (χ4v) is 3.27. The van der Waals surface area contributed by atoms with Crippen molar-refractivity contribution in [2.45, 2.75) is 45.3 Å². The Labute approximate surface area is 172 Å². The number of nitrogens with two attached hydrogens (primary N) is 1. The molecule has 29 heavy (non-hydrogen) atoms. The number of primary amides is 1. The number of hydrogen-bond donors (Lipinski definition) is 2. The monoisotopic (exact) mass is 402 g/mol. The molecule has 0 aromatic heterocycles. The molecule has 0 saturated heterocycles. The molecule has 5 nitrogen and oxygen atoms in total. The van der Waals surface area contributed by atoms with Crippen molar-refractivity contribution in [1.82, 2.24) is 4.90 Å². The topological polar surface area (TPSA) is 75.8 Å². The lowest BCUT2D eigenvalue weighted by molar-refractivity contribution is -0.123. The van der Waals surface area contributed by atoms with Gasteiger partial charge in [-0.15, -0.1) is 0 Å². The first-order valence-corrected chi connectivity index (χ1v) is 9.66. The molecule has 1 amide bonds. The minimum absolute atomic E-state index is 0.0478. The molecular weight excluding hydrogens is 371 g/mol. The highest BCUT2D eigenvalue weighted by atomic mass is 19.1. The summed E-state index contributed by atoms with van der Waals surface area (Å²) in [6.07, 6.45) is -0.850.